The number of aliphatic carboxylic acids is 1. The summed E-state index contributed by atoms with van der Waals surface area (Å²) in [6, 6.07) is 0. The number of hydrogen-bond acceptors (Lipinski definition) is 1. The Morgan fingerprint density at radius 1 is 1.05 bits per heavy atom. The number of carbonyl (C=O) groups is 1. The van der Waals surface area contributed by atoms with Crippen molar-refractivity contribution in [2.24, 2.45) is 5.92 Å². The second-order valence-electron chi connectivity index (χ2n) is 5.65. The van der Waals surface area contributed by atoms with Crippen LogP contribution in [0.1, 0.15) is 84.5 Å². The number of carboxylic acid groups (broad SMARTS) is 1. The number of carboxylic acids is 1. The quantitative estimate of drug-likeness (QED) is 0.350. The molecular formula is C17H32O2. The van der Waals surface area contributed by atoms with E-state index in [0.29, 0.717) is 6.42 Å². The molecule has 0 aromatic rings. The topological polar surface area (TPSA) is 37.3 Å². The molecule has 0 aliphatic heterocycles. The van der Waals surface area contributed by atoms with Crippen molar-refractivity contribution in [3.63, 3.8) is 0 Å². The van der Waals surface area contributed by atoms with Crippen LogP contribution in [0.5, 0.6) is 0 Å². The molecule has 0 heterocycles. The average molecular weight is 268 g/mol. The molecule has 0 aromatic heterocycles. The van der Waals surface area contributed by atoms with E-state index < -0.39 is 5.97 Å². The Labute approximate surface area is 119 Å². The number of unbranched alkanes of at least 4 members (excludes halogenated alkanes) is 6. The first-order chi connectivity index (χ1) is 9.16. The summed E-state index contributed by atoms with van der Waals surface area (Å²) in [6.45, 7) is 4.56. The molecule has 0 bridgehead atoms. The van der Waals surface area contributed by atoms with E-state index in [1.807, 2.05) is 0 Å². The molecule has 0 aliphatic carbocycles. The molecule has 0 radical (unpaired) electrons. The summed E-state index contributed by atoms with van der Waals surface area (Å²) in [4.78, 5) is 10.3. The van der Waals surface area contributed by atoms with Crippen molar-refractivity contribution in [2.75, 3.05) is 0 Å². The molecule has 0 aliphatic rings. The minimum Gasteiger partial charge on any atom is -0.481 e. The minimum absolute atomic E-state index is 0.332. The van der Waals surface area contributed by atoms with Crippen LogP contribution in [-0.4, -0.2) is 11.1 Å². The fourth-order valence-electron chi connectivity index (χ4n) is 2.19. The molecule has 2 nitrogen and oxygen atoms in total. The van der Waals surface area contributed by atoms with Crippen molar-refractivity contribution in [3.8, 4) is 0 Å². The van der Waals surface area contributed by atoms with Gasteiger partial charge in [-0.2, -0.15) is 0 Å². The summed E-state index contributed by atoms with van der Waals surface area (Å²) in [5.74, 6) is 0.125. The lowest BCUT2D eigenvalue weighted by atomic mass is 9.98. The highest BCUT2D eigenvalue weighted by molar-refractivity contribution is 5.66. The van der Waals surface area contributed by atoms with Crippen LogP contribution in [0.3, 0.4) is 0 Å². The molecular weight excluding hydrogens is 236 g/mol. The van der Waals surface area contributed by atoms with Gasteiger partial charge in [0.2, 0.25) is 0 Å². The Hall–Kier alpha value is -0.790. The van der Waals surface area contributed by atoms with Gasteiger partial charge in [0, 0.05) is 6.42 Å². The van der Waals surface area contributed by atoms with Gasteiger partial charge in [0.15, 0.2) is 0 Å². The molecule has 0 amide bonds. The van der Waals surface area contributed by atoms with Crippen molar-refractivity contribution in [3.05, 3.63) is 12.2 Å². The maximum absolute atomic E-state index is 10.3. The summed E-state index contributed by atoms with van der Waals surface area (Å²) in [5.41, 5.74) is 0. The molecule has 0 rings (SSSR count). The van der Waals surface area contributed by atoms with E-state index in [1.54, 1.807) is 0 Å². The smallest absolute Gasteiger partial charge is 0.303 e. The Morgan fingerprint density at radius 2 is 1.74 bits per heavy atom. The van der Waals surface area contributed by atoms with Crippen molar-refractivity contribution in [1.29, 1.82) is 0 Å². The van der Waals surface area contributed by atoms with Crippen LogP contribution in [0.15, 0.2) is 12.2 Å². The molecule has 1 N–H and O–H groups in total. The van der Waals surface area contributed by atoms with Crippen molar-refractivity contribution >= 4 is 5.97 Å². The third kappa shape index (κ3) is 15.2. The van der Waals surface area contributed by atoms with Crippen molar-refractivity contribution in [1.82, 2.24) is 0 Å². The highest BCUT2D eigenvalue weighted by Crippen LogP contribution is 2.15. The molecule has 0 saturated carbocycles. The predicted octanol–water partition coefficient (Wildman–Crippen LogP) is 5.57. The summed E-state index contributed by atoms with van der Waals surface area (Å²) < 4.78 is 0. The SMILES string of the molecule is CCCCC=CCC(C)CCCCCCCC(=O)O. The van der Waals surface area contributed by atoms with E-state index in [-0.39, 0.29) is 0 Å². The zero-order valence-corrected chi connectivity index (χ0v) is 12.9. The molecule has 1 unspecified atom stereocenters. The number of rotatable bonds is 13. The van der Waals surface area contributed by atoms with Crippen LogP contribution in [0.4, 0.5) is 0 Å². The standard InChI is InChI=1S/C17H32O2/c1-3-4-5-7-10-13-16(2)14-11-8-6-9-12-15-17(18)19/h7,10,16H,3-6,8-9,11-15H2,1-2H3,(H,18,19). The molecule has 0 spiro atoms. The summed E-state index contributed by atoms with van der Waals surface area (Å²) >= 11 is 0. The lowest BCUT2D eigenvalue weighted by molar-refractivity contribution is -0.137. The second-order valence-corrected chi connectivity index (χ2v) is 5.65. The van der Waals surface area contributed by atoms with Gasteiger partial charge in [-0.15, -0.1) is 0 Å². The molecule has 0 fully saturated rings. The van der Waals surface area contributed by atoms with Gasteiger partial charge in [0.1, 0.15) is 0 Å². The van der Waals surface area contributed by atoms with Crippen LogP contribution in [0.2, 0.25) is 0 Å². The van der Waals surface area contributed by atoms with Gasteiger partial charge >= 0.3 is 5.97 Å². The van der Waals surface area contributed by atoms with E-state index >= 15 is 0 Å². The van der Waals surface area contributed by atoms with E-state index in [2.05, 4.69) is 26.0 Å². The van der Waals surface area contributed by atoms with Crippen LogP contribution in [0, 0.1) is 5.92 Å². The maximum Gasteiger partial charge on any atom is 0.303 e. The molecule has 19 heavy (non-hydrogen) atoms. The summed E-state index contributed by atoms with van der Waals surface area (Å²) in [5, 5.41) is 8.52. The number of hydrogen-bond donors (Lipinski definition) is 1. The van der Waals surface area contributed by atoms with Crippen molar-refractivity contribution in [2.45, 2.75) is 84.5 Å². The molecule has 0 aromatic carbocycles. The van der Waals surface area contributed by atoms with Gasteiger partial charge in [-0.05, 0) is 25.2 Å². The summed E-state index contributed by atoms with van der Waals surface area (Å²) in [7, 11) is 0. The second kappa shape index (κ2) is 13.6. The normalized spacial score (nSPS) is 12.9. The predicted molar refractivity (Wildman–Crippen MR) is 82.4 cm³/mol. The Bertz CT molecular complexity index is 233. The number of allylic oxidation sites excluding steroid dienone is 2. The zero-order chi connectivity index (χ0) is 14.3. The first kappa shape index (κ1) is 18.2. The van der Waals surface area contributed by atoms with Gasteiger partial charge in [-0.3, -0.25) is 4.79 Å². The van der Waals surface area contributed by atoms with Crippen LogP contribution in [0.25, 0.3) is 0 Å². The van der Waals surface area contributed by atoms with E-state index in [0.717, 1.165) is 18.8 Å². The molecule has 1 atom stereocenters. The van der Waals surface area contributed by atoms with E-state index in [1.165, 1.54) is 51.4 Å². The lowest BCUT2D eigenvalue weighted by Crippen LogP contribution is -1.94. The van der Waals surface area contributed by atoms with Crippen LogP contribution < -0.4 is 0 Å². The minimum atomic E-state index is -0.663. The van der Waals surface area contributed by atoms with Gasteiger partial charge < -0.3 is 5.11 Å². The highest BCUT2D eigenvalue weighted by Gasteiger charge is 2.00. The van der Waals surface area contributed by atoms with Crippen molar-refractivity contribution < 1.29 is 9.90 Å². The largest absolute Gasteiger partial charge is 0.481 e. The maximum atomic E-state index is 10.3. The first-order valence-corrected chi connectivity index (χ1v) is 8.03. The summed E-state index contributed by atoms with van der Waals surface area (Å²) in [6.07, 6.45) is 17.0. The monoisotopic (exact) mass is 268 g/mol. The van der Waals surface area contributed by atoms with E-state index in [4.69, 9.17) is 5.11 Å². The zero-order valence-electron chi connectivity index (χ0n) is 12.9. The fourth-order valence-corrected chi connectivity index (χ4v) is 2.19. The third-order valence-electron chi connectivity index (χ3n) is 3.52. The Balaban J connectivity index is 3.26. The van der Waals surface area contributed by atoms with E-state index in [9.17, 15) is 4.79 Å². The highest BCUT2D eigenvalue weighted by atomic mass is 16.4. The first-order valence-electron chi connectivity index (χ1n) is 8.03. The van der Waals surface area contributed by atoms with Crippen LogP contribution >= 0.6 is 0 Å². The fraction of sp³-hybridized carbons (Fsp3) is 0.824. The molecule has 0 saturated heterocycles. The average Bonchev–Trinajstić information content (AvgIpc) is 2.37. The molecule has 112 valence electrons. The van der Waals surface area contributed by atoms with Gasteiger partial charge in [-0.1, -0.05) is 70.9 Å². The van der Waals surface area contributed by atoms with Crippen LogP contribution in [-0.2, 0) is 4.79 Å². The Kier molecular flexibility index (Phi) is 13.1. The van der Waals surface area contributed by atoms with Gasteiger partial charge in [-0.25, -0.2) is 0 Å². The van der Waals surface area contributed by atoms with Gasteiger partial charge in [0.05, 0.1) is 0 Å². The van der Waals surface area contributed by atoms with Gasteiger partial charge in [0.25, 0.3) is 0 Å². The molecule has 2 heteroatoms. The lowest BCUT2D eigenvalue weighted by Gasteiger charge is -2.08. The Morgan fingerprint density at radius 3 is 2.42 bits per heavy atom. The third-order valence-corrected chi connectivity index (χ3v) is 3.52.